The van der Waals surface area contributed by atoms with E-state index in [1.165, 1.54) is 11.0 Å². The number of rotatable bonds is 7. The van der Waals surface area contributed by atoms with Crippen LogP contribution < -0.4 is 5.32 Å². The minimum atomic E-state index is -0.571. The summed E-state index contributed by atoms with van der Waals surface area (Å²) in [6, 6.07) is 11.8. The summed E-state index contributed by atoms with van der Waals surface area (Å²) in [6.45, 7) is 0.431. The number of hydrogen-bond donors (Lipinski definition) is 2. The lowest BCUT2D eigenvalue weighted by molar-refractivity contribution is -0.116. The van der Waals surface area contributed by atoms with Gasteiger partial charge in [0.05, 0.1) is 6.10 Å². The third-order valence-electron chi connectivity index (χ3n) is 3.59. The first-order valence-electron chi connectivity index (χ1n) is 7.49. The molecule has 0 aliphatic heterocycles. The molecule has 0 radical (unpaired) electrons. The topological polar surface area (TPSA) is 54.3 Å². The Balaban J connectivity index is 1.76. The van der Waals surface area contributed by atoms with E-state index in [1.54, 1.807) is 17.8 Å². The molecule has 1 aromatic heterocycles. The molecular formula is C18H22N2O2S. The molecule has 1 heterocycles. The summed E-state index contributed by atoms with van der Waals surface area (Å²) in [5.41, 5.74) is 1.84. The van der Waals surface area contributed by atoms with Crippen LogP contribution >= 0.6 is 11.8 Å². The molecule has 0 bridgehead atoms. The van der Waals surface area contributed by atoms with Gasteiger partial charge in [0, 0.05) is 36.5 Å². The lowest BCUT2D eigenvalue weighted by Crippen LogP contribution is -2.23. The van der Waals surface area contributed by atoms with Crippen LogP contribution in [-0.2, 0) is 11.8 Å². The summed E-state index contributed by atoms with van der Waals surface area (Å²) < 4.78 is 1.88. The van der Waals surface area contributed by atoms with Gasteiger partial charge in [-0.15, -0.1) is 11.8 Å². The second kappa shape index (κ2) is 8.60. The van der Waals surface area contributed by atoms with Gasteiger partial charge in [0.25, 0.3) is 0 Å². The van der Waals surface area contributed by atoms with Crippen molar-refractivity contribution in [2.24, 2.45) is 7.05 Å². The van der Waals surface area contributed by atoms with E-state index < -0.39 is 6.10 Å². The van der Waals surface area contributed by atoms with Crippen LogP contribution in [0.25, 0.3) is 6.08 Å². The Morgan fingerprint density at radius 3 is 2.70 bits per heavy atom. The number of aliphatic hydroxyl groups is 1. The second-order valence-electron chi connectivity index (χ2n) is 5.25. The fourth-order valence-electron chi connectivity index (χ4n) is 2.25. The van der Waals surface area contributed by atoms with Crippen LogP contribution in [-0.4, -0.2) is 28.4 Å². The molecule has 2 aromatic rings. The summed E-state index contributed by atoms with van der Waals surface area (Å²) in [5, 5.41) is 12.9. The molecule has 0 aliphatic carbocycles. The third-order valence-corrected chi connectivity index (χ3v) is 4.33. The van der Waals surface area contributed by atoms with E-state index in [2.05, 4.69) is 5.32 Å². The number of amides is 1. The van der Waals surface area contributed by atoms with Crippen LogP contribution in [0.5, 0.6) is 0 Å². The molecule has 1 unspecified atom stereocenters. The minimum Gasteiger partial charge on any atom is -0.387 e. The molecule has 1 amide bonds. The van der Waals surface area contributed by atoms with Gasteiger partial charge >= 0.3 is 0 Å². The number of thioether (sulfide) groups is 1. The number of aliphatic hydroxyl groups excluding tert-OH is 1. The van der Waals surface area contributed by atoms with Crippen molar-refractivity contribution in [1.82, 2.24) is 9.88 Å². The monoisotopic (exact) mass is 330 g/mol. The molecule has 5 heteroatoms. The Hall–Kier alpha value is -1.98. The summed E-state index contributed by atoms with van der Waals surface area (Å²) in [5.74, 6) is -0.155. The molecule has 0 spiro atoms. The van der Waals surface area contributed by atoms with Crippen molar-refractivity contribution in [3.8, 4) is 0 Å². The molecule has 2 rings (SSSR count). The lowest BCUT2D eigenvalue weighted by atomic mass is 10.2. The summed E-state index contributed by atoms with van der Waals surface area (Å²) in [6.07, 6.45) is 7.14. The van der Waals surface area contributed by atoms with Gasteiger partial charge in [0.1, 0.15) is 0 Å². The first kappa shape index (κ1) is 17.4. The fourth-order valence-corrected chi connectivity index (χ4v) is 2.65. The van der Waals surface area contributed by atoms with Gasteiger partial charge in [-0.05, 0) is 48.6 Å². The molecule has 1 atom stereocenters. The number of benzene rings is 1. The van der Waals surface area contributed by atoms with E-state index in [9.17, 15) is 9.90 Å². The van der Waals surface area contributed by atoms with Gasteiger partial charge < -0.3 is 15.0 Å². The van der Waals surface area contributed by atoms with Crippen LogP contribution in [0, 0.1) is 0 Å². The predicted molar refractivity (Wildman–Crippen MR) is 95.3 cm³/mol. The molecule has 0 saturated heterocycles. The number of carbonyl (C=O) groups excluding carboxylic acids is 1. The molecule has 2 N–H and O–H groups in total. The zero-order valence-corrected chi connectivity index (χ0v) is 14.2. The highest BCUT2D eigenvalue weighted by atomic mass is 32.2. The Bertz CT molecular complexity index is 662. The molecule has 23 heavy (non-hydrogen) atoms. The number of carbonyl (C=O) groups is 1. The zero-order valence-electron chi connectivity index (χ0n) is 13.4. The molecule has 0 fully saturated rings. The van der Waals surface area contributed by atoms with E-state index in [1.807, 2.05) is 60.5 Å². The molecule has 1 aromatic carbocycles. The normalized spacial score (nSPS) is 12.5. The largest absolute Gasteiger partial charge is 0.387 e. The van der Waals surface area contributed by atoms with Gasteiger partial charge in [-0.25, -0.2) is 0 Å². The standard InChI is InChI=1S/C18H22N2O2S/c1-20-13-3-4-16(20)17(21)11-12-19-18(22)10-7-14-5-8-15(23-2)9-6-14/h3-10,13,17,21H,11-12H2,1-2H3,(H,19,22). The predicted octanol–water partition coefficient (Wildman–Crippen LogP) is 3.00. The van der Waals surface area contributed by atoms with E-state index in [0.29, 0.717) is 13.0 Å². The van der Waals surface area contributed by atoms with Crippen LogP contribution in [0.1, 0.15) is 23.8 Å². The van der Waals surface area contributed by atoms with Crippen molar-refractivity contribution in [3.63, 3.8) is 0 Å². The zero-order chi connectivity index (χ0) is 16.7. The highest BCUT2D eigenvalue weighted by Gasteiger charge is 2.10. The average molecular weight is 330 g/mol. The van der Waals surface area contributed by atoms with E-state index in [-0.39, 0.29) is 5.91 Å². The first-order valence-corrected chi connectivity index (χ1v) is 8.72. The molecule has 0 saturated carbocycles. The summed E-state index contributed by atoms with van der Waals surface area (Å²) >= 11 is 1.69. The van der Waals surface area contributed by atoms with E-state index in [4.69, 9.17) is 0 Å². The molecule has 122 valence electrons. The quantitative estimate of drug-likeness (QED) is 0.606. The van der Waals surface area contributed by atoms with Crippen LogP contribution in [0.15, 0.2) is 53.6 Å². The fraction of sp³-hybridized carbons (Fsp3) is 0.278. The summed E-state index contributed by atoms with van der Waals surface area (Å²) in [7, 11) is 1.89. The van der Waals surface area contributed by atoms with Crippen LogP contribution in [0.4, 0.5) is 0 Å². The van der Waals surface area contributed by atoms with Crippen molar-refractivity contribution in [3.05, 3.63) is 59.9 Å². The van der Waals surface area contributed by atoms with Gasteiger partial charge in [-0.1, -0.05) is 12.1 Å². The Morgan fingerprint density at radius 1 is 1.35 bits per heavy atom. The average Bonchev–Trinajstić information content (AvgIpc) is 2.99. The SMILES string of the molecule is CSc1ccc(C=CC(=O)NCCC(O)c2cccn2C)cc1. The first-order chi connectivity index (χ1) is 11.1. The van der Waals surface area contributed by atoms with Crippen LogP contribution in [0.3, 0.4) is 0 Å². The number of hydrogen-bond acceptors (Lipinski definition) is 3. The number of aryl methyl sites for hydroxylation is 1. The molecule has 4 nitrogen and oxygen atoms in total. The van der Waals surface area contributed by atoms with E-state index >= 15 is 0 Å². The van der Waals surface area contributed by atoms with Crippen molar-refractivity contribution in [2.45, 2.75) is 17.4 Å². The lowest BCUT2D eigenvalue weighted by Gasteiger charge is -2.12. The minimum absolute atomic E-state index is 0.155. The van der Waals surface area contributed by atoms with Crippen molar-refractivity contribution in [2.75, 3.05) is 12.8 Å². The summed E-state index contributed by atoms with van der Waals surface area (Å²) in [4.78, 5) is 13.0. The third kappa shape index (κ3) is 5.30. The maximum atomic E-state index is 11.8. The maximum absolute atomic E-state index is 11.8. The Labute approximate surface area is 141 Å². The number of nitrogens with zero attached hydrogens (tertiary/aromatic N) is 1. The Morgan fingerprint density at radius 2 is 2.09 bits per heavy atom. The van der Waals surface area contributed by atoms with Gasteiger partial charge in [-0.3, -0.25) is 4.79 Å². The molecular weight excluding hydrogens is 308 g/mol. The highest BCUT2D eigenvalue weighted by Crippen LogP contribution is 2.16. The second-order valence-corrected chi connectivity index (χ2v) is 6.13. The van der Waals surface area contributed by atoms with Crippen molar-refractivity contribution in [1.29, 1.82) is 0 Å². The maximum Gasteiger partial charge on any atom is 0.244 e. The number of nitrogens with one attached hydrogen (secondary N) is 1. The molecule has 0 aliphatic rings. The van der Waals surface area contributed by atoms with E-state index in [0.717, 1.165) is 11.3 Å². The Kier molecular flexibility index (Phi) is 6.50. The van der Waals surface area contributed by atoms with Crippen LogP contribution in [0.2, 0.25) is 0 Å². The van der Waals surface area contributed by atoms with Gasteiger partial charge in [0.2, 0.25) is 5.91 Å². The van der Waals surface area contributed by atoms with Gasteiger partial charge in [0.15, 0.2) is 0 Å². The number of aromatic nitrogens is 1. The van der Waals surface area contributed by atoms with Gasteiger partial charge in [-0.2, -0.15) is 0 Å². The van der Waals surface area contributed by atoms with Crippen molar-refractivity contribution < 1.29 is 9.90 Å². The smallest absolute Gasteiger partial charge is 0.244 e. The van der Waals surface area contributed by atoms with Crippen molar-refractivity contribution >= 4 is 23.7 Å². The highest BCUT2D eigenvalue weighted by molar-refractivity contribution is 7.98.